The van der Waals surface area contributed by atoms with Crippen LogP contribution in [0.25, 0.3) is 0 Å². The van der Waals surface area contributed by atoms with E-state index >= 15 is 0 Å². The number of rotatable bonds is 1. The summed E-state index contributed by atoms with van der Waals surface area (Å²) in [6.45, 7) is 2.40. The standard InChI is InChI=1S/C16H22N2O3/c19-14-7-3-5-12-4-1-2-6-13(12)15(14)17-8-10-18(11-9-17)16(20)21/h1-2,4,6,14-15,19H,3,5,7-11H2,(H,20,21)/t14-,15-/m1/s1. The number of benzene rings is 1. The number of carboxylic acid groups (broad SMARTS) is 1. The van der Waals surface area contributed by atoms with Gasteiger partial charge in [0, 0.05) is 26.2 Å². The quantitative estimate of drug-likeness (QED) is 0.773. The summed E-state index contributed by atoms with van der Waals surface area (Å²) in [5.41, 5.74) is 2.53. The number of aliphatic hydroxyl groups excluding tert-OH is 1. The summed E-state index contributed by atoms with van der Waals surface area (Å²) in [4.78, 5) is 14.7. The highest BCUT2D eigenvalue weighted by Crippen LogP contribution is 2.34. The van der Waals surface area contributed by atoms with E-state index in [2.05, 4.69) is 23.1 Å². The van der Waals surface area contributed by atoms with E-state index in [4.69, 9.17) is 5.11 Å². The van der Waals surface area contributed by atoms with Crippen LogP contribution < -0.4 is 0 Å². The Labute approximate surface area is 124 Å². The monoisotopic (exact) mass is 290 g/mol. The lowest BCUT2D eigenvalue weighted by atomic mass is 9.95. The van der Waals surface area contributed by atoms with Crippen LogP contribution in [0.2, 0.25) is 0 Å². The molecular formula is C16H22N2O3. The number of piperazine rings is 1. The summed E-state index contributed by atoms with van der Waals surface area (Å²) in [6.07, 6.45) is 1.60. The molecule has 0 saturated carbocycles. The van der Waals surface area contributed by atoms with Gasteiger partial charge in [-0.1, -0.05) is 24.3 Å². The Morgan fingerprint density at radius 2 is 1.86 bits per heavy atom. The molecule has 0 bridgehead atoms. The molecule has 1 heterocycles. The van der Waals surface area contributed by atoms with E-state index in [0.29, 0.717) is 26.2 Å². The normalized spacial score (nSPS) is 27.0. The van der Waals surface area contributed by atoms with Crippen molar-refractivity contribution in [2.75, 3.05) is 26.2 Å². The van der Waals surface area contributed by atoms with E-state index in [1.807, 2.05) is 6.07 Å². The van der Waals surface area contributed by atoms with Crippen LogP contribution in [0.15, 0.2) is 24.3 Å². The van der Waals surface area contributed by atoms with E-state index in [1.165, 1.54) is 16.0 Å². The molecule has 1 aromatic carbocycles. The summed E-state index contributed by atoms with van der Waals surface area (Å²) in [5, 5.41) is 19.6. The molecule has 1 saturated heterocycles. The first-order valence-corrected chi connectivity index (χ1v) is 7.64. The minimum atomic E-state index is -0.850. The number of carbonyl (C=O) groups is 1. The van der Waals surface area contributed by atoms with E-state index in [-0.39, 0.29) is 12.1 Å². The molecular weight excluding hydrogens is 268 g/mol. The molecule has 0 unspecified atom stereocenters. The molecule has 2 N–H and O–H groups in total. The fraction of sp³-hybridized carbons (Fsp3) is 0.562. The van der Waals surface area contributed by atoms with Crippen molar-refractivity contribution in [2.24, 2.45) is 0 Å². The van der Waals surface area contributed by atoms with Crippen LogP contribution in [-0.2, 0) is 6.42 Å². The molecule has 0 aromatic heterocycles. The first-order chi connectivity index (χ1) is 10.2. The number of hydrogen-bond acceptors (Lipinski definition) is 3. The highest BCUT2D eigenvalue weighted by Gasteiger charge is 2.33. The zero-order chi connectivity index (χ0) is 14.8. The molecule has 2 atom stereocenters. The summed E-state index contributed by atoms with van der Waals surface area (Å²) in [6, 6.07) is 8.33. The van der Waals surface area contributed by atoms with Gasteiger partial charge >= 0.3 is 6.09 Å². The van der Waals surface area contributed by atoms with Gasteiger partial charge in [-0.25, -0.2) is 4.79 Å². The number of nitrogens with zero attached hydrogens (tertiary/aromatic N) is 2. The lowest BCUT2D eigenvalue weighted by molar-refractivity contribution is 0.0172. The molecule has 21 heavy (non-hydrogen) atoms. The Kier molecular flexibility index (Phi) is 4.12. The number of hydrogen-bond donors (Lipinski definition) is 2. The molecule has 1 aromatic rings. The highest BCUT2D eigenvalue weighted by molar-refractivity contribution is 5.65. The third kappa shape index (κ3) is 2.89. The first kappa shape index (κ1) is 14.4. The van der Waals surface area contributed by atoms with Gasteiger partial charge in [-0.3, -0.25) is 4.90 Å². The number of fused-ring (bicyclic) bond motifs is 1. The maximum absolute atomic E-state index is 11.0. The van der Waals surface area contributed by atoms with Gasteiger partial charge in [-0.2, -0.15) is 0 Å². The van der Waals surface area contributed by atoms with Crippen molar-refractivity contribution in [2.45, 2.75) is 31.4 Å². The summed E-state index contributed by atoms with van der Waals surface area (Å²) >= 11 is 0. The van der Waals surface area contributed by atoms with Gasteiger partial charge in [-0.05, 0) is 30.4 Å². The van der Waals surface area contributed by atoms with Crippen molar-refractivity contribution in [1.82, 2.24) is 9.80 Å². The Morgan fingerprint density at radius 1 is 1.14 bits per heavy atom. The summed E-state index contributed by atoms with van der Waals surface area (Å²) in [7, 11) is 0. The topological polar surface area (TPSA) is 64.0 Å². The van der Waals surface area contributed by atoms with Crippen LogP contribution in [0.1, 0.15) is 30.0 Å². The highest BCUT2D eigenvalue weighted by atomic mass is 16.4. The zero-order valence-corrected chi connectivity index (χ0v) is 12.1. The Morgan fingerprint density at radius 3 is 2.57 bits per heavy atom. The van der Waals surface area contributed by atoms with Crippen LogP contribution >= 0.6 is 0 Å². The molecule has 2 aliphatic rings. The Hall–Kier alpha value is -1.59. The maximum atomic E-state index is 11.0. The van der Waals surface area contributed by atoms with Gasteiger partial charge in [0.2, 0.25) is 0 Å². The average molecular weight is 290 g/mol. The first-order valence-electron chi connectivity index (χ1n) is 7.64. The minimum Gasteiger partial charge on any atom is -0.465 e. The second-order valence-electron chi connectivity index (χ2n) is 5.91. The number of amides is 1. The smallest absolute Gasteiger partial charge is 0.407 e. The lowest BCUT2D eigenvalue weighted by Gasteiger charge is -2.40. The van der Waals surface area contributed by atoms with Crippen molar-refractivity contribution in [3.05, 3.63) is 35.4 Å². The van der Waals surface area contributed by atoms with Gasteiger partial charge in [0.1, 0.15) is 0 Å². The molecule has 0 spiro atoms. The van der Waals surface area contributed by atoms with Gasteiger partial charge < -0.3 is 15.1 Å². The maximum Gasteiger partial charge on any atom is 0.407 e. The van der Waals surface area contributed by atoms with Crippen LogP contribution in [0.5, 0.6) is 0 Å². The number of aryl methyl sites for hydroxylation is 1. The van der Waals surface area contributed by atoms with E-state index in [0.717, 1.165) is 19.3 Å². The second kappa shape index (κ2) is 6.03. The second-order valence-corrected chi connectivity index (χ2v) is 5.91. The molecule has 3 rings (SSSR count). The van der Waals surface area contributed by atoms with Crippen LogP contribution in [0.4, 0.5) is 4.79 Å². The predicted molar refractivity (Wildman–Crippen MR) is 79.3 cm³/mol. The zero-order valence-electron chi connectivity index (χ0n) is 12.1. The third-order valence-electron chi connectivity index (χ3n) is 4.66. The molecule has 1 aliphatic carbocycles. The van der Waals surface area contributed by atoms with E-state index in [1.54, 1.807) is 0 Å². The summed E-state index contributed by atoms with van der Waals surface area (Å²) < 4.78 is 0. The van der Waals surface area contributed by atoms with Gasteiger partial charge in [-0.15, -0.1) is 0 Å². The van der Waals surface area contributed by atoms with E-state index < -0.39 is 6.09 Å². The molecule has 114 valence electrons. The SMILES string of the molecule is O=C(O)N1CCN([C@@H]2c3ccccc3CCC[C@H]2O)CC1. The van der Waals surface area contributed by atoms with Crippen molar-refractivity contribution in [3.63, 3.8) is 0 Å². The number of aliphatic hydroxyl groups is 1. The van der Waals surface area contributed by atoms with Crippen molar-refractivity contribution in [1.29, 1.82) is 0 Å². The summed E-state index contributed by atoms with van der Waals surface area (Å²) in [5.74, 6) is 0. The van der Waals surface area contributed by atoms with Gasteiger partial charge in [0.25, 0.3) is 0 Å². The Bertz CT molecular complexity index is 512. The van der Waals surface area contributed by atoms with Crippen molar-refractivity contribution in [3.8, 4) is 0 Å². The molecule has 1 aliphatic heterocycles. The average Bonchev–Trinajstić information content (AvgIpc) is 2.65. The fourth-order valence-corrected chi connectivity index (χ4v) is 3.55. The van der Waals surface area contributed by atoms with E-state index in [9.17, 15) is 9.90 Å². The van der Waals surface area contributed by atoms with Crippen LogP contribution in [0, 0.1) is 0 Å². The molecule has 5 nitrogen and oxygen atoms in total. The minimum absolute atomic E-state index is 0.000329. The Balaban J connectivity index is 1.82. The fourth-order valence-electron chi connectivity index (χ4n) is 3.55. The van der Waals surface area contributed by atoms with Gasteiger partial charge in [0.15, 0.2) is 0 Å². The molecule has 0 radical (unpaired) electrons. The van der Waals surface area contributed by atoms with Gasteiger partial charge in [0.05, 0.1) is 12.1 Å². The van der Waals surface area contributed by atoms with Crippen LogP contribution in [0.3, 0.4) is 0 Å². The molecule has 1 amide bonds. The lowest BCUT2D eigenvalue weighted by Crippen LogP contribution is -2.51. The largest absolute Gasteiger partial charge is 0.465 e. The van der Waals surface area contributed by atoms with Crippen molar-refractivity contribution < 1.29 is 15.0 Å². The van der Waals surface area contributed by atoms with Crippen LogP contribution in [-0.4, -0.2) is 58.4 Å². The molecule has 1 fully saturated rings. The predicted octanol–water partition coefficient (Wildman–Crippen LogP) is 1.72. The third-order valence-corrected chi connectivity index (χ3v) is 4.66. The van der Waals surface area contributed by atoms with Crippen molar-refractivity contribution >= 4 is 6.09 Å². The molecule has 5 heteroatoms.